The van der Waals surface area contributed by atoms with Crippen molar-refractivity contribution >= 4 is 23.2 Å². The molecule has 1 amide bonds. The average Bonchev–Trinajstić information content (AvgIpc) is 2.72. The van der Waals surface area contributed by atoms with Gasteiger partial charge in [-0.1, -0.05) is 25.4 Å². The molecule has 1 unspecified atom stereocenters. The van der Waals surface area contributed by atoms with E-state index in [1.165, 1.54) is 0 Å². The molecule has 0 bridgehead atoms. The number of amides is 1. The summed E-state index contributed by atoms with van der Waals surface area (Å²) >= 11 is 6.18. The highest BCUT2D eigenvalue weighted by atomic mass is 35.5. The van der Waals surface area contributed by atoms with Crippen molar-refractivity contribution in [2.75, 3.05) is 5.32 Å². The van der Waals surface area contributed by atoms with Gasteiger partial charge in [-0.05, 0) is 18.1 Å². The Balaban J connectivity index is 2.11. The maximum absolute atomic E-state index is 12.0. The van der Waals surface area contributed by atoms with E-state index in [1.807, 2.05) is 13.8 Å². The number of carbonyl (C=O) groups excluding carboxylic acids is 1. The molecule has 5 nitrogen and oxygen atoms in total. The fraction of sp³-hybridized carbons (Fsp3) is 0.333. The Morgan fingerprint density at radius 2 is 2.33 bits per heavy atom. The van der Waals surface area contributed by atoms with Crippen LogP contribution < -0.4 is 16.2 Å². The summed E-state index contributed by atoms with van der Waals surface area (Å²) in [6, 6.07) is 3.48. The standard InChI is InChI=1S/C12H15ClN4O/c1-7(2)10-9(13)11(17-16-10)12(18)15-8-4-3-5-14-6-8/h3-7,10,16-17H,1-2H3,(H,15,18). The van der Waals surface area contributed by atoms with Crippen molar-refractivity contribution < 1.29 is 4.79 Å². The molecule has 1 aromatic rings. The SMILES string of the molecule is CC(C)C1NNC(C(=O)Nc2cccnc2)=C1Cl. The summed E-state index contributed by atoms with van der Waals surface area (Å²) in [6.07, 6.45) is 3.22. The highest BCUT2D eigenvalue weighted by Crippen LogP contribution is 2.23. The van der Waals surface area contributed by atoms with Gasteiger partial charge in [0.15, 0.2) is 0 Å². The highest BCUT2D eigenvalue weighted by Gasteiger charge is 2.29. The van der Waals surface area contributed by atoms with E-state index < -0.39 is 0 Å². The number of hydrazine groups is 1. The van der Waals surface area contributed by atoms with Crippen LogP contribution in [-0.4, -0.2) is 16.9 Å². The second-order valence-electron chi connectivity index (χ2n) is 4.41. The van der Waals surface area contributed by atoms with Gasteiger partial charge in [0.2, 0.25) is 0 Å². The number of nitrogens with zero attached hydrogens (tertiary/aromatic N) is 1. The van der Waals surface area contributed by atoms with Gasteiger partial charge >= 0.3 is 0 Å². The van der Waals surface area contributed by atoms with Crippen molar-refractivity contribution in [2.45, 2.75) is 19.9 Å². The van der Waals surface area contributed by atoms with E-state index in [9.17, 15) is 4.79 Å². The van der Waals surface area contributed by atoms with E-state index in [2.05, 4.69) is 21.2 Å². The summed E-state index contributed by atoms with van der Waals surface area (Å²) in [5.41, 5.74) is 6.81. The number of rotatable bonds is 3. The number of anilines is 1. The Hall–Kier alpha value is -1.59. The zero-order chi connectivity index (χ0) is 13.1. The van der Waals surface area contributed by atoms with Crippen LogP contribution in [0.25, 0.3) is 0 Å². The van der Waals surface area contributed by atoms with E-state index in [-0.39, 0.29) is 11.9 Å². The first-order valence-corrected chi connectivity index (χ1v) is 6.10. The van der Waals surface area contributed by atoms with Gasteiger partial charge in [0.25, 0.3) is 5.91 Å². The molecule has 1 aliphatic rings. The lowest BCUT2D eigenvalue weighted by atomic mass is 10.0. The Kier molecular flexibility index (Phi) is 3.84. The smallest absolute Gasteiger partial charge is 0.274 e. The molecule has 2 rings (SSSR count). The van der Waals surface area contributed by atoms with Crippen LogP contribution in [0.15, 0.2) is 35.3 Å². The maximum atomic E-state index is 12.0. The Bertz CT molecular complexity index is 472. The number of aromatic nitrogens is 1. The van der Waals surface area contributed by atoms with E-state index >= 15 is 0 Å². The average molecular weight is 267 g/mol. The van der Waals surface area contributed by atoms with Crippen LogP contribution in [-0.2, 0) is 4.79 Å². The minimum absolute atomic E-state index is 0.0404. The summed E-state index contributed by atoms with van der Waals surface area (Å²) in [7, 11) is 0. The number of pyridine rings is 1. The summed E-state index contributed by atoms with van der Waals surface area (Å²) in [4.78, 5) is 15.9. The van der Waals surface area contributed by atoms with Gasteiger partial charge in [0.05, 0.1) is 23.0 Å². The van der Waals surface area contributed by atoms with Crippen LogP contribution in [0.1, 0.15) is 13.8 Å². The van der Waals surface area contributed by atoms with Crippen LogP contribution in [0.2, 0.25) is 0 Å². The first-order chi connectivity index (χ1) is 8.59. The highest BCUT2D eigenvalue weighted by molar-refractivity contribution is 6.33. The molecule has 96 valence electrons. The number of nitrogens with one attached hydrogen (secondary N) is 3. The van der Waals surface area contributed by atoms with Crippen molar-refractivity contribution in [3.8, 4) is 0 Å². The van der Waals surface area contributed by atoms with E-state index in [4.69, 9.17) is 11.6 Å². The molecule has 0 aliphatic carbocycles. The van der Waals surface area contributed by atoms with Crippen molar-refractivity contribution in [2.24, 2.45) is 5.92 Å². The van der Waals surface area contributed by atoms with Crippen molar-refractivity contribution in [3.05, 3.63) is 35.3 Å². The van der Waals surface area contributed by atoms with Gasteiger partial charge in [0, 0.05) is 6.20 Å². The summed E-state index contributed by atoms with van der Waals surface area (Å²) in [6.45, 7) is 4.06. The Morgan fingerprint density at radius 3 is 2.89 bits per heavy atom. The van der Waals surface area contributed by atoms with Crippen molar-refractivity contribution in [3.63, 3.8) is 0 Å². The molecule has 0 saturated heterocycles. The molecular weight excluding hydrogens is 252 g/mol. The Labute approximate surface area is 111 Å². The molecular formula is C12H15ClN4O. The summed E-state index contributed by atoms with van der Waals surface area (Å²) < 4.78 is 0. The van der Waals surface area contributed by atoms with Crippen molar-refractivity contribution in [1.29, 1.82) is 0 Å². The lowest BCUT2D eigenvalue weighted by molar-refractivity contribution is -0.113. The molecule has 1 aliphatic heterocycles. The minimum atomic E-state index is -0.274. The Morgan fingerprint density at radius 1 is 1.56 bits per heavy atom. The van der Waals surface area contributed by atoms with Crippen LogP contribution in [0.3, 0.4) is 0 Å². The maximum Gasteiger partial charge on any atom is 0.274 e. The van der Waals surface area contributed by atoms with Gasteiger partial charge in [0.1, 0.15) is 5.70 Å². The largest absolute Gasteiger partial charge is 0.319 e. The molecule has 6 heteroatoms. The second-order valence-corrected chi connectivity index (χ2v) is 4.82. The predicted molar refractivity (Wildman–Crippen MR) is 70.6 cm³/mol. The van der Waals surface area contributed by atoms with Gasteiger partial charge in [-0.15, -0.1) is 0 Å². The van der Waals surface area contributed by atoms with Crippen LogP contribution >= 0.6 is 11.6 Å². The molecule has 0 spiro atoms. The molecule has 0 aromatic carbocycles. The summed E-state index contributed by atoms with van der Waals surface area (Å²) in [5, 5.41) is 3.23. The number of hydrogen-bond acceptors (Lipinski definition) is 4. The predicted octanol–water partition coefficient (Wildman–Crippen LogP) is 1.60. The first kappa shape index (κ1) is 12.9. The molecule has 0 radical (unpaired) electrons. The lowest BCUT2D eigenvalue weighted by Gasteiger charge is -2.13. The van der Waals surface area contributed by atoms with E-state index in [0.717, 1.165) is 0 Å². The third-order valence-electron chi connectivity index (χ3n) is 2.68. The van der Waals surface area contributed by atoms with E-state index in [0.29, 0.717) is 22.3 Å². The normalized spacial score (nSPS) is 19.0. The lowest BCUT2D eigenvalue weighted by Crippen LogP contribution is -2.37. The van der Waals surface area contributed by atoms with Crippen LogP contribution in [0.5, 0.6) is 0 Å². The molecule has 1 aromatic heterocycles. The monoisotopic (exact) mass is 266 g/mol. The second kappa shape index (κ2) is 5.37. The molecule has 18 heavy (non-hydrogen) atoms. The molecule has 0 saturated carbocycles. The molecule has 0 fully saturated rings. The third-order valence-corrected chi connectivity index (χ3v) is 3.10. The van der Waals surface area contributed by atoms with Gasteiger partial charge in [-0.25, -0.2) is 5.43 Å². The minimum Gasteiger partial charge on any atom is -0.319 e. The molecule has 1 atom stereocenters. The number of carbonyl (C=O) groups is 1. The zero-order valence-corrected chi connectivity index (χ0v) is 11.0. The van der Waals surface area contributed by atoms with Crippen LogP contribution in [0.4, 0.5) is 5.69 Å². The topological polar surface area (TPSA) is 66.0 Å². The van der Waals surface area contributed by atoms with Gasteiger partial charge in [-0.3, -0.25) is 9.78 Å². The van der Waals surface area contributed by atoms with Crippen molar-refractivity contribution in [1.82, 2.24) is 15.8 Å². The fourth-order valence-electron chi connectivity index (χ4n) is 1.68. The van der Waals surface area contributed by atoms with Gasteiger partial charge < -0.3 is 10.7 Å². The fourth-order valence-corrected chi connectivity index (χ4v) is 2.12. The first-order valence-electron chi connectivity index (χ1n) is 5.72. The molecule has 2 heterocycles. The zero-order valence-electron chi connectivity index (χ0n) is 10.2. The molecule has 3 N–H and O–H groups in total. The quantitative estimate of drug-likeness (QED) is 0.778. The number of hydrogen-bond donors (Lipinski definition) is 3. The third kappa shape index (κ3) is 2.63. The van der Waals surface area contributed by atoms with Crippen LogP contribution in [0, 0.1) is 5.92 Å². The van der Waals surface area contributed by atoms with Gasteiger partial charge in [-0.2, -0.15) is 0 Å². The van der Waals surface area contributed by atoms with E-state index in [1.54, 1.807) is 24.5 Å². The number of halogens is 1. The summed E-state index contributed by atoms with van der Waals surface area (Å²) in [5.74, 6) is 0.0253.